The van der Waals surface area contributed by atoms with Crippen LogP contribution in [0.4, 0.5) is 0 Å². The Hall–Kier alpha value is -2.10. The van der Waals surface area contributed by atoms with E-state index in [-0.39, 0.29) is 5.91 Å². The predicted molar refractivity (Wildman–Crippen MR) is 80.5 cm³/mol. The molecule has 0 bridgehead atoms. The number of aromatic nitrogens is 3. The van der Waals surface area contributed by atoms with E-state index >= 15 is 0 Å². The lowest BCUT2D eigenvalue weighted by Gasteiger charge is -2.03. The highest BCUT2D eigenvalue weighted by Crippen LogP contribution is 2.25. The molecule has 0 fully saturated rings. The average Bonchev–Trinajstić information content (AvgIpc) is 2.87. The van der Waals surface area contributed by atoms with Crippen LogP contribution in [-0.4, -0.2) is 20.1 Å². The molecule has 4 heteroatoms. The molecule has 0 saturated heterocycles. The summed E-state index contributed by atoms with van der Waals surface area (Å²) < 4.78 is 3.65. The van der Waals surface area contributed by atoms with Crippen molar-refractivity contribution in [3.63, 3.8) is 0 Å². The van der Waals surface area contributed by atoms with Crippen LogP contribution >= 0.6 is 0 Å². The van der Waals surface area contributed by atoms with Crippen molar-refractivity contribution in [1.29, 1.82) is 0 Å². The van der Waals surface area contributed by atoms with Gasteiger partial charge in [0.1, 0.15) is 5.65 Å². The number of hydrogen-bond donors (Lipinski definition) is 0. The minimum atomic E-state index is 0.0243. The van der Waals surface area contributed by atoms with Gasteiger partial charge >= 0.3 is 0 Å². The van der Waals surface area contributed by atoms with Crippen molar-refractivity contribution in [2.75, 3.05) is 0 Å². The van der Waals surface area contributed by atoms with Crippen LogP contribution in [0.3, 0.4) is 0 Å². The Kier molecular flexibility index (Phi) is 2.89. The number of nitrogens with zero attached hydrogens (tertiary/aromatic N) is 3. The topological polar surface area (TPSA) is 39.3 Å². The molecule has 0 aliphatic heterocycles. The number of rotatable bonds is 2. The monoisotopic (exact) mass is 269 g/mol. The van der Waals surface area contributed by atoms with Crippen LogP contribution in [0, 0.1) is 13.8 Å². The van der Waals surface area contributed by atoms with Crippen LogP contribution in [0.15, 0.2) is 18.2 Å². The Balaban J connectivity index is 2.43. The fourth-order valence-corrected chi connectivity index (χ4v) is 2.72. The molecular formula is C16H19N3O. The van der Waals surface area contributed by atoms with Gasteiger partial charge in [0.2, 0.25) is 5.91 Å². The Labute approximate surface area is 118 Å². The van der Waals surface area contributed by atoms with Crippen LogP contribution < -0.4 is 0 Å². The quantitative estimate of drug-likeness (QED) is 0.714. The summed E-state index contributed by atoms with van der Waals surface area (Å²) >= 11 is 0. The molecule has 0 atom stereocenters. The van der Waals surface area contributed by atoms with Gasteiger partial charge < -0.3 is 0 Å². The van der Waals surface area contributed by atoms with E-state index in [1.807, 2.05) is 10.6 Å². The van der Waals surface area contributed by atoms with Gasteiger partial charge in [0.25, 0.3) is 0 Å². The second-order valence-electron chi connectivity index (χ2n) is 5.44. The third kappa shape index (κ3) is 1.75. The fourth-order valence-electron chi connectivity index (χ4n) is 2.72. The van der Waals surface area contributed by atoms with Crippen molar-refractivity contribution in [2.45, 2.75) is 40.5 Å². The minimum Gasteiger partial charge on any atom is -0.274 e. The van der Waals surface area contributed by atoms with Gasteiger partial charge in [-0.25, -0.2) is 4.52 Å². The van der Waals surface area contributed by atoms with Gasteiger partial charge in [0, 0.05) is 13.0 Å². The molecule has 0 N–H and O–H groups in total. The predicted octanol–water partition coefficient (Wildman–Crippen LogP) is 3.52. The maximum atomic E-state index is 12.0. The van der Waals surface area contributed by atoms with Gasteiger partial charge in [-0.05, 0) is 43.5 Å². The molecule has 2 aromatic heterocycles. The van der Waals surface area contributed by atoms with Gasteiger partial charge in [-0.15, -0.1) is 0 Å². The standard InChI is InChI=1S/C16H19N3O/c1-5-6-13-9-16-18(12(4)20)14-7-10(2)11(3)8-15(14)19(16)17-13/h7-9H,5-6H2,1-4H3. The van der Waals surface area contributed by atoms with Gasteiger partial charge in [0.15, 0.2) is 0 Å². The van der Waals surface area contributed by atoms with Gasteiger partial charge in [-0.1, -0.05) is 13.3 Å². The van der Waals surface area contributed by atoms with E-state index < -0.39 is 0 Å². The van der Waals surface area contributed by atoms with Crippen LogP contribution in [0.25, 0.3) is 16.7 Å². The number of fused-ring (bicyclic) bond motifs is 3. The van der Waals surface area contributed by atoms with Crippen LogP contribution in [0.2, 0.25) is 0 Å². The minimum absolute atomic E-state index is 0.0243. The van der Waals surface area contributed by atoms with Crippen LogP contribution in [-0.2, 0) is 6.42 Å². The summed E-state index contributed by atoms with van der Waals surface area (Å²) in [6.45, 7) is 7.88. The van der Waals surface area contributed by atoms with Crippen molar-refractivity contribution in [3.05, 3.63) is 35.0 Å². The fraction of sp³-hybridized carbons (Fsp3) is 0.375. The first-order valence-corrected chi connectivity index (χ1v) is 7.04. The lowest BCUT2D eigenvalue weighted by atomic mass is 10.1. The largest absolute Gasteiger partial charge is 0.274 e. The summed E-state index contributed by atoms with van der Waals surface area (Å²) in [6.07, 6.45) is 1.99. The summed E-state index contributed by atoms with van der Waals surface area (Å²) in [5.41, 5.74) is 6.24. The zero-order valence-electron chi connectivity index (χ0n) is 12.4. The van der Waals surface area contributed by atoms with E-state index in [9.17, 15) is 4.79 Å². The summed E-state index contributed by atoms with van der Waals surface area (Å²) in [6, 6.07) is 6.20. The van der Waals surface area contributed by atoms with E-state index in [1.54, 1.807) is 11.5 Å². The molecule has 0 saturated carbocycles. The molecule has 3 aromatic rings. The molecular weight excluding hydrogens is 250 g/mol. The molecule has 20 heavy (non-hydrogen) atoms. The third-order valence-corrected chi connectivity index (χ3v) is 3.85. The molecule has 104 valence electrons. The van der Waals surface area contributed by atoms with E-state index in [4.69, 9.17) is 0 Å². The Morgan fingerprint density at radius 1 is 1.15 bits per heavy atom. The van der Waals surface area contributed by atoms with E-state index in [2.05, 4.69) is 38.0 Å². The van der Waals surface area contributed by atoms with E-state index in [0.29, 0.717) is 0 Å². The molecule has 0 aliphatic carbocycles. The Morgan fingerprint density at radius 3 is 2.40 bits per heavy atom. The second-order valence-corrected chi connectivity index (χ2v) is 5.44. The molecule has 0 aliphatic rings. The first-order chi connectivity index (χ1) is 9.52. The summed E-state index contributed by atoms with van der Waals surface area (Å²) in [7, 11) is 0. The summed E-state index contributed by atoms with van der Waals surface area (Å²) in [4.78, 5) is 12.0. The highest BCUT2D eigenvalue weighted by molar-refractivity contribution is 5.95. The lowest BCUT2D eigenvalue weighted by molar-refractivity contribution is 0.0946. The molecule has 0 amide bonds. The first kappa shape index (κ1) is 12.9. The Morgan fingerprint density at radius 2 is 1.80 bits per heavy atom. The maximum Gasteiger partial charge on any atom is 0.229 e. The molecule has 0 radical (unpaired) electrons. The molecule has 3 rings (SSSR count). The highest BCUT2D eigenvalue weighted by Gasteiger charge is 2.16. The van der Waals surface area contributed by atoms with Crippen molar-refractivity contribution < 1.29 is 4.79 Å². The van der Waals surface area contributed by atoms with Crippen molar-refractivity contribution in [1.82, 2.24) is 14.2 Å². The molecule has 2 heterocycles. The zero-order chi connectivity index (χ0) is 14.4. The van der Waals surface area contributed by atoms with Crippen molar-refractivity contribution >= 4 is 22.6 Å². The van der Waals surface area contributed by atoms with Crippen molar-refractivity contribution in [3.8, 4) is 0 Å². The number of aryl methyl sites for hydroxylation is 3. The normalized spacial score (nSPS) is 11.6. The second kappa shape index (κ2) is 4.47. The Bertz CT molecular complexity index is 823. The molecule has 4 nitrogen and oxygen atoms in total. The number of carbonyl (C=O) groups excluding carboxylic acids is 1. The number of hydrogen-bond acceptors (Lipinski definition) is 2. The van der Waals surface area contributed by atoms with Gasteiger partial charge in [0.05, 0.1) is 16.7 Å². The summed E-state index contributed by atoms with van der Waals surface area (Å²) in [5, 5.41) is 4.65. The maximum absolute atomic E-state index is 12.0. The number of benzene rings is 1. The zero-order valence-corrected chi connectivity index (χ0v) is 12.4. The highest BCUT2D eigenvalue weighted by atomic mass is 16.1. The molecule has 0 spiro atoms. The van der Waals surface area contributed by atoms with E-state index in [1.165, 1.54) is 11.1 Å². The first-order valence-electron chi connectivity index (χ1n) is 7.04. The molecule has 0 unspecified atom stereocenters. The van der Waals surface area contributed by atoms with Crippen LogP contribution in [0.1, 0.15) is 41.9 Å². The lowest BCUT2D eigenvalue weighted by Crippen LogP contribution is -2.04. The van der Waals surface area contributed by atoms with Crippen LogP contribution in [0.5, 0.6) is 0 Å². The summed E-state index contributed by atoms with van der Waals surface area (Å²) in [5.74, 6) is 0.0243. The average molecular weight is 269 g/mol. The van der Waals surface area contributed by atoms with Crippen molar-refractivity contribution in [2.24, 2.45) is 0 Å². The molecule has 1 aromatic carbocycles. The smallest absolute Gasteiger partial charge is 0.229 e. The van der Waals surface area contributed by atoms with Gasteiger partial charge in [-0.2, -0.15) is 5.10 Å². The number of imidazole rings is 1. The van der Waals surface area contributed by atoms with Gasteiger partial charge in [-0.3, -0.25) is 9.36 Å². The number of carbonyl (C=O) groups is 1. The SMILES string of the molecule is CCCc1cc2n(C(C)=O)c3cc(C)c(C)cc3n2n1. The third-order valence-electron chi connectivity index (χ3n) is 3.85. The van der Waals surface area contributed by atoms with E-state index in [0.717, 1.165) is 35.2 Å².